The highest BCUT2D eigenvalue weighted by atomic mass is 15.2. The lowest BCUT2D eigenvalue weighted by Crippen LogP contribution is -2.59. The molecule has 0 amide bonds. The van der Waals surface area contributed by atoms with Crippen LogP contribution in [0.15, 0.2) is 67.5 Å². The Kier molecular flexibility index (Phi) is 9.40. The number of hydrogen-bond acceptors (Lipinski definition) is 3. The lowest BCUT2D eigenvalue weighted by Gasteiger charge is -2.56. The first-order chi connectivity index (χ1) is 17.8. The first-order valence-corrected chi connectivity index (χ1v) is 14.8. The summed E-state index contributed by atoms with van der Waals surface area (Å²) in [5.41, 5.74) is 7.11. The number of benzene rings is 1. The van der Waals surface area contributed by atoms with E-state index in [1.165, 1.54) is 86.4 Å². The number of rotatable bonds is 10. The molecule has 0 N–H and O–H groups in total. The van der Waals surface area contributed by atoms with Crippen LogP contribution in [-0.2, 0) is 6.54 Å². The molecule has 1 aromatic carbocycles. The Labute approximate surface area is 227 Å². The lowest BCUT2D eigenvalue weighted by atomic mass is 9.70. The Bertz CT molecular complexity index is 973. The molecule has 37 heavy (non-hydrogen) atoms. The fourth-order valence-electron chi connectivity index (χ4n) is 7.07. The molecule has 3 heterocycles. The minimum Gasteiger partial charge on any atom is -0.375 e. The van der Waals surface area contributed by atoms with Gasteiger partial charge >= 0.3 is 0 Å². The molecule has 1 aromatic rings. The van der Waals surface area contributed by atoms with Crippen LogP contribution in [0.25, 0.3) is 5.57 Å². The summed E-state index contributed by atoms with van der Waals surface area (Å²) in [4.78, 5) is 8.07. The van der Waals surface area contributed by atoms with Crippen molar-refractivity contribution in [1.29, 1.82) is 0 Å². The predicted molar refractivity (Wildman–Crippen MR) is 160 cm³/mol. The van der Waals surface area contributed by atoms with Crippen molar-refractivity contribution in [2.75, 3.05) is 32.7 Å². The summed E-state index contributed by atoms with van der Waals surface area (Å²) < 4.78 is 0. The van der Waals surface area contributed by atoms with Crippen molar-refractivity contribution in [1.82, 2.24) is 14.7 Å². The Morgan fingerprint density at radius 3 is 2.57 bits per heavy atom. The molecule has 0 aromatic heterocycles. The van der Waals surface area contributed by atoms with E-state index in [9.17, 15) is 0 Å². The number of likely N-dealkylation sites (tertiary alicyclic amines) is 3. The zero-order valence-corrected chi connectivity index (χ0v) is 24.0. The smallest absolute Gasteiger partial charge is 0.0364 e. The second-order valence-electron chi connectivity index (χ2n) is 12.1. The van der Waals surface area contributed by atoms with Gasteiger partial charge in [-0.2, -0.15) is 0 Å². The first kappa shape index (κ1) is 27.8. The standard InChI is InChI=1S/C34H51N3/c1-7-9-10-13-28(4)36-21-11-14-32(25-36)29(5)37-22-12-20-34(6)26-35(23-19-33(34)37)24-30-15-17-31(18-16-30)27(3)8-2/h7,13,15-18,32-33H,1,3,5,8-12,14,19-26H2,2,4,6H3/b28-13+. The van der Waals surface area contributed by atoms with Crippen LogP contribution in [0.5, 0.6) is 0 Å². The van der Waals surface area contributed by atoms with Crippen molar-refractivity contribution in [3.8, 4) is 0 Å². The van der Waals surface area contributed by atoms with E-state index in [-0.39, 0.29) is 0 Å². The monoisotopic (exact) mass is 501 g/mol. The van der Waals surface area contributed by atoms with Crippen LogP contribution in [0.2, 0.25) is 0 Å². The van der Waals surface area contributed by atoms with Crippen molar-refractivity contribution < 1.29 is 0 Å². The predicted octanol–water partition coefficient (Wildman–Crippen LogP) is 7.88. The number of nitrogens with zero attached hydrogens (tertiary/aromatic N) is 3. The van der Waals surface area contributed by atoms with Crippen LogP contribution in [0.3, 0.4) is 0 Å². The Morgan fingerprint density at radius 2 is 1.84 bits per heavy atom. The molecule has 3 aliphatic heterocycles. The van der Waals surface area contributed by atoms with Gasteiger partial charge in [0, 0.05) is 68.0 Å². The third-order valence-corrected chi connectivity index (χ3v) is 9.40. The van der Waals surface area contributed by atoms with E-state index in [0.717, 1.165) is 32.4 Å². The van der Waals surface area contributed by atoms with Gasteiger partial charge in [-0.15, -0.1) is 6.58 Å². The molecule has 0 spiro atoms. The molecule has 3 nitrogen and oxygen atoms in total. The number of allylic oxidation sites excluding steroid dienone is 4. The molecule has 4 rings (SSSR count). The topological polar surface area (TPSA) is 9.72 Å². The van der Waals surface area contributed by atoms with E-state index >= 15 is 0 Å². The van der Waals surface area contributed by atoms with Gasteiger partial charge in [-0.3, -0.25) is 4.90 Å². The SMILES string of the molecule is C=CCC/C=C(\C)N1CCCC(C(=C)N2CCCC3(C)CN(Cc4ccc(C(=C)CC)cc4)CCC23)C1. The molecule has 3 atom stereocenters. The number of piperidine rings is 3. The summed E-state index contributed by atoms with van der Waals surface area (Å²) in [7, 11) is 0. The van der Waals surface area contributed by atoms with E-state index < -0.39 is 0 Å². The van der Waals surface area contributed by atoms with E-state index in [0.29, 0.717) is 17.4 Å². The number of hydrogen-bond donors (Lipinski definition) is 0. The second-order valence-corrected chi connectivity index (χ2v) is 12.1. The summed E-state index contributed by atoms with van der Waals surface area (Å²) >= 11 is 0. The summed E-state index contributed by atoms with van der Waals surface area (Å²) in [6, 6.07) is 9.75. The van der Waals surface area contributed by atoms with E-state index in [1.807, 2.05) is 6.08 Å². The van der Waals surface area contributed by atoms with Crippen LogP contribution in [0.1, 0.15) is 83.3 Å². The van der Waals surface area contributed by atoms with Crippen molar-refractivity contribution >= 4 is 5.57 Å². The van der Waals surface area contributed by atoms with Gasteiger partial charge in [-0.25, -0.2) is 0 Å². The van der Waals surface area contributed by atoms with Crippen molar-refractivity contribution in [2.24, 2.45) is 11.3 Å². The van der Waals surface area contributed by atoms with Crippen molar-refractivity contribution in [3.05, 3.63) is 78.7 Å². The largest absolute Gasteiger partial charge is 0.375 e. The number of unbranched alkanes of at least 4 members (excludes halogenated alkanes) is 1. The first-order valence-electron chi connectivity index (χ1n) is 14.8. The van der Waals surface area contributed by atoms with Crippen LogP contribution >= 0.6 is 0 Å². The van der Waals surface area contributed by atoms with Crippen LogP contribution in [0, 0.1) is 11.3 Å². The van der Waals surface area contributed by atoms with Gasteiger partial charge in [0.1, 0.15) is 0 Å². The van der Waals surface area contributed by atoms with Crippen LogP contribution in [-0.4, -0.2) is 53.5 Å². The van der Waals surface area contributed by atoms with E-state index in [4.69, 9.17) is 6.58 Å². The third-order valence-electron chi connectivity index (χ3n) is 9.40. The van der Waals surface area contributed by atoms with Crippen LogP contribution < -0.4 is 0 Å². The molecule has 202 valence electrons. The molecule has 3 aliphatic rings. The maximum absolute atomic E-state index is 4.76. The van der Waals surface area contributed by atoms with Gasteiger partial charge in [-0.05, 0) is 75.0 Å². The van der Waals surface area contributed by atoms with Gasteiger partial charge < -0.3 is 9.80 Å². The normalized spacial score (nSPS) is 27.1. The molecule has 3 unspecified atom stereocenters. The van der Waals surface area contributed by atoms with E-state index in [2.05, 4.69) is 79.0 Å². The molecular formula is C34H51N3. The maximum Gasteiger partial charge on any atom is 0.0364 e. The molecule has 3 fully saturated rings. The Balaban J connectivity index is 1.37. The van der Waals surface area contributed by atoms with Crippen LogP contribution in [0.4, 0.5) is 0 Å². The highest BCUT2D eigenvalue weighted by molar-refractivity contribution is 5.63. The fraction of sp³-hybridized carbons (Fsp3) is 0.588. The third kappa shape index (κ3) is 6.60. The molecule has 0 aliphatic carbocycles. The van der Waals surface area contributed by atoms with Gasteiger partial charge in [0.2, 0.25) is 0 Å². The Morgan fingerprint density at radius 1 is 1.05 bits per heavy atom. The molecule has 0 saturated carbocycles. The maximum atomic E-state index is 4.76. The summed E-state index contributed by atoms with van der Waals surface area (Å²) in [6.07, 6.45) is 14.0. The van der Waals surface area contributed by atoms with Crippen molar-refractivity contribution in [2.45, 2.75) is 84.7 Å². The van der Waals surface area contributed by atoms with Gasteiger partial charge in [0.15, 0.2) is 0 Å². The van der Waals surface area contributed by atoms with E-state index in [1.54, 1.807) is 0 Å². The molecule has 3 heteroatoms. The minimum absolute atomic E-state index is 0.338. The fourth-order valence-corrected chi connectivity index (χ4v) is 7.07. The summed E-state index contributed by atoms with van der Waals surface area (Å²) in [6.45, 7) is 26.7. The average molecular weight is 502 g/mol. The highest BCUT2D eigenvalue weighted by Gasteiger charge is 2.46. The van der Waals surface area contributed by atoms with Gasteiger partial charge in [0.05, 0.1) is 0 Å². The lowest BCUT2D eigenvalue weighted by molar-refractivity contribution is -0.0322. The van der Waals surface area contributed by atoms with Crippen molar-refractivity contribution in [3.63, 3.8) is 0 Å². The zero-order valence-electron chi connectivity index (χ0n) is 24.0. The summed E-state index contributed by atoms with van der Waals surface area (Å²) in [5, 5.41) is 0. The molecular weight excluding hydrogens is 450 g/mol. The average Bonchev–Trinajstić information content (AvgIpc) is 2.92. The van der Waals surface area contributed by atoms with Gasteiger partial charge in [0.25, 0.3) is 0 Å². The second kappa shape index (κ2) is 12.5. The van der Waals surface area contributed by atoms with Gasteiger partial charge in [-0.1, -0.05) is 63.4 Å². The summed E-state index contributed by atoms with van der Waals surface area (Å²) in [5.74, 6) is 0.577. The molecule has 0 bridgehead atoms. The molecule has 0 radical (unpaired) electrons. The Hall–Kier alpha value is -2.26. The minimum atomic E-state index is 0.338. The quantitative estimate of drug-likeness (QED) is 0.238. The number of fused-ring (bicyclic) bond motifs is 1. The highest BCUT2D eigenvalue weighted by Crippen LogP contribution is 2.44. The molecule has 3 saturated heterocycles. The zero-order chi connectivity index (χ0) is 26.4.